The normalized spacial score (nSPS) is 16.1. The van der Waals surface area contributed by atoms with Crippen molar-refractivity contribution in [3.63, 3.8) is 0 Å². The second kappa shape index (κ2) is 8.11. The summed E-state index contributed by atoms with van der Waals surface area (Å²) in [5.74, 6) is 1.43. The molecule has 1 fully saturated rings. The number of hydrogen-bond acceptors (Lipinski definition) is 6. The van der Waals surface area contributed by atoms with Gasteiger partial charge in [-0.3, -0.25) is 9.69 Å². The number of pyridine rings is 1. The zero-order valence-corrected chi connectivity index (χ0v) is 17.8. The first-order valence-electron chi connectivity index (χ1n) is 10.8. The largest absolute Gasteiger partial charge is 0.467 e. The first kappa shape index (κ1) is 19.7. The molecular formula is C23H26N6O2. The number of likely N-dealkylation sites (tertiary alicyclic amines) is 1. The van der Waals surface area contributed by atoms with Crippen LogP contribution < -0.4 is 5.56 Å². The van der Waals surface area contributed by atoms with E-state index in [0.29, 0.717) is 17.9 Å². The molecule has 5 rings (SSSR count). The quantitative estimate of drug-likeness (QED) is 0.534. The zero-order valence-electron chi connectivity index (χ0n) is 17.8. The molecule has 8 heteroatoms. The molecule has 0 amide bonds. The van der Waals surface area contributed by atoms with Gasteiger partial charge in [-0.05, 0) is 85.6 Å². The second-order valence-corrected chi connectivity index (χ2v) is 8.37. The lowest BCUT2D eigenvalue weighted by molar-refractivity contribution is 0.176. The van der Waals surface area contributed by atoms with Crippen molar-refractivity contribution in [2.24, 2.45) is 0 Å². The molecule has 1 aliphatic rings. The molecule has 4 heterocycles. The first-order chi connectivity index (χ1) is 15.1. The van der Waals surface area contributed by atoms with Gasteiger partial charge < -0.3 is 9.40 Å². The topological polar surface area (TPSA) is 92.8 Å². The third-order valence-corrected chi connectivity index (χ3v) is 6.08. The minimum absolute atomic E-state index is 0.0966. The zero-order chi connectivity index (χ0) is 21.4. The number of H-pyrrole nitrogens is 1. The summed E-state index contributed by atoms with van der Waals surface area (Å²) in [5.41, 5.74) is 3.71. The molecule has 31 heavy (non-hydrogen) atoms. The van der Waals surface area contributed by atoms with Crippen LogP contribution in [-0.2, 0) is 6.54 Å². The summed E-state index contributed by atoms with van der Waals surface area (Å²) in [6.45, 7) is 6.35. The Kier molecular flexibility index (Phi) is 5.15. The molecule has 0 radical (unpaired) electrons. The van der Waals surface area contributed by atoms with Gasteiger partial charge in [-0.1, -0.05) is 12.5 Å². The third-order valence-electron chi connectivity index (χ3n) is 6.08. The predicted octanol–water partition coefficient (Wildman–Crippen LogP) is 3.35. The fourth-order valence-electron chi connectivity index (χ4n) is 4.64. The molecule has 0 saturated carbocycles. The monoisotopic (exact) mass is 418 g/mol. The molecule has 1 saturated heterocycles. The van der Waals surface area contributed by atoms with E-state index in [2.05, 4.69) is 38.4 Å². The molecule has 8 nitrogen and oxygen atoms in total. The maximum atomic E-state index is 13.3. The van der Waals surface area contributed by atoms with Crippen molar-refractivity contribution >= 4 is 10.9 Å². The maximum Gasteiger partial charge on any atom is 0.253 e. The standard InChI is InChI=1S/C23H26N6O2/c1-15-11-16(2)18-13-19(23(30)24-20(18)12-15)21(28-8-4-3-5-9-28)22-25-26-27-29(22)14-17-7-6-10-31-17/h6-7,10-13,21H,3-5,8-9,14H2,1-2H3,(H,24,30). The van der Waals surface area contributed by atoms with Crippen molar-refractivity contribution in [3.05, 3.63) is 75.2 Å². The number of tetrazole rings is 1. The summed E-state index contributed by atoms with van der Waals surface area (Å²) < 4.78 is 7.24. The van der Waals surface area contributed by atoms with Gasteiger partial charge in [0.2, 0.25) is 0 Å². The molecule has 3 aromatic heterocycles. The number of furan rings is 1. The smallest absolute Gasteiger partial charge is 0.253 e. The lowest BCUT2D eigenvalue weighted by Gasteiger charge is -2.33. The summed E-state index contributed by atoms with van der Waals surface area (Å²) in [6, 6.07) is 9.61. The van der Waals surface area contributed by atoms with Gasteiger partial charge in [-0.15, -0.1) is 5.10 Å². The Balaban J connectivity index is 1.65. The maximum absolute atomic E-state index is 13.3. The highest BCUT2D eigenvalue weighted by atomic mass is 16.3. The fraction of sp³-hybridized carbons (Fsp3) is 0.391. The van der Waals surface area contributed by atoms with E-state index in [9.17, 15) is 4.79 Å². The minimum atomic E-state index is -0.320. The predicted molar refractivity (Wildman–Crippen MR) is 117 cm³/mol. The number of aromatic nitrogens is 5. The van der Waals surface area contributed by atoms with Gasteiger partial charge in [0, 0.05) is 16.5 Å². The van der Waals surface area contributed by atoms with Gasteiger partial charge in [0.15, 0.2) is 5.82 Å². The first-order valence-corrected chi connectivity index (χ1v) is 10.8. The molecule has 1 aliphatic heterocycles. The summed E-state index contributed by atoms with van der Waals surface area (Å²) in [6.07, 6.45) is 5.03. The van der Waals surface area contributed by atoms with Gasteiger partial charge in [-0.2, -0.15) is 0 Å². The van der Waals surface area contributed by atoms with Gasteiger partial charge in [0.25, 0.3) is 5.56 Å². The Morgan fingerprint density at radius 3 is 2.77 bits per heavy atom. The minimum Gasteiger partial charge on any atom is -0.467 e. The average molecular weight is 419 g/mol. The van der Waals surface area contributed by atoms with Crippen LogP contribution in [0.2, 0.25) is 0 Å². The molecule has 1 aromatic carbocycles. The molecule has 0 aliphatic carbocycles. The number of rotatable bonds is 5. The highest BCUT2D eigenvalue weighted by Crippen LogP contribution is 2.30. The van der Waals surface area contributed by atoms with Gasteiger partial charge >= 0.3 is 0 Å². The van der Waals surface area contributed by atoms with Crippen LogP contribution in [0.3, 0.4) is 0 Å². The average Bonchev–Trinajstić information content (AvgIpc) is 3.43. The van der Waals surface area contributed by atoms with Gasteiger partial charge in [0.1, 0.15) is 18.3 Å². The van der Waals surface area contributed by atoms with Crippen LogP contribution in [0, 0.1) is 13.8 Å². The van der Waals surface area contributed by atoms with Crippen molar-refractivity contribution < 1.29 is 4.42 Å². The molecule has 4 aromatic rings. The molecule has 1 unspecified atom stereocenters. The van der Waals surface area contributed by atoms with Crippen LogP contribution in [0.5, 0.6) is 0 Å². The number of fused-ring (bicyclic) bond motifs is 1. The number of benzene rings is 1. The van der Waals surface area contributed by atoms with Crippen molar-refractivity contribution in [2.75, 3.05) is 13.1 Å². The molecular weight excluding hydrogens is 392 g/mol. The van der Waals surface area contributed by atoms with Crippen LogP contribution in [0.4, 0.5) is 0 Å². The van der Waals surface area contributed by atoms with Crippen LogP contribution in [-0.4, -0.2) is 43.2 Å². The van der Waals surface area contributed by atoms with E-state index in [1.54, 1.807) is 10.9 Å². The van der Waals surface area contributed by atoms with Crippen LogP contribution in [0.15, 0.2) is 45.8 Å². The van der Waals surface area contributed by atoms with E-state index < -0.39 is 0 Å². The van der Waals surface area contributed by atoms with Crippen molar-refractivity contribution in [1.82, 2.24) is 30.1 Å². The summed E-state index contributed by atoms with van der Waals surface area (Å²) in [7, 11) is 0. The Labute approximate surface area is 179 Å². The SMILES string of the molecule is Cc1cc(C)c2cc(C(c3nnnn3Cc3ccco3)N3CCCCC3)c(=O)[nH]c2c1. The lowest BCUT2D eigenvalue weighted by Crippen LogP contribution is -2.38. The third kappa shape index (κ3) is 3.79. The Bertz CT molecular complexity index is 1250. The number of aromatic amines is 1. The lowest BCUT2D eigenvalue weighted by atomic mass is 9.98. The Hall–Kier alpha value is -3.26. The Morgan fingerprint density at radius 1 is 1.16 bits per heavy atom. The number of nitrogens with zero attached hydrogens (tertiary/aromatic N) is 5. The van der Waals surface area contributed by atoms with Crippen molar-refractivity contribution in [2.45, 2.75) is 45.7 Å². The molecule has 1 atom stereocenters. The summed E-state index contributed by atoms with van der Waals surface area (Å²) in [4.78, 5) is 18.7. The van der Waals surface area contributed by atoms with Gasteiger partial charge in [-0.25, -0.2) is 4.68 Å². The van der Waals surface area contributed by atoms with E-state index in [1.165, 1.54) is 6.42 Å². The van der Waals surface area contributed by atoms with E-state index in [-0.39, 0.29) is 11.6 Å². The Morgan fingerprint density at radius 2 is 2.00 bits per heavy atom. The van der Waals surface area contributed by atoms with E-state index in [0.717, 1.165) is 53.7 Å². The number of hydrogen-bond donors (Lipinski definition) is 1. The molecule has 0 bridgehead atoms. The fourth-order valence-corrected chi connectivity index (χ4v) is 4.64. The van der Waals surface area contributed by atoms with Gasteiger partial charge in [0.05, 0.1) is 6.26 Å². The molecule has 160 valence electrons. The molecule has 1 N–H and O–H groups in total. The van der Waals surface area contributed by atoms with Crippen LogP contribution in [0.1, 0.15) is 53.6 Å². The highest BCUT2D eigenvalue weighted by Gasteiger charge is 2.31. The van der Waals surface area contributed by atoms with E-state index in [4.69, 9.17) is 4.42 Å². The van der Waals surface area contributed by atoms with E-state index in [1.807, 2.05) is 31.2 Å². The van der Waals surface area contributed by atoms with Crippen molar-refractivity contribution in [3.8, 4) is 0 Å². The number of nitrogens with one attached hydrogen (secondary N) is 1. The number of aryl methyl sites for hydroxylation is 2. The summed E-state index contributed by atoms with van der Waals surface area (Å²) in [5, 5.41) is 13.6. The highest BCUT2D eigenvalue weighted by molar-refractivity contribution is 5.83. The summed E-state index contributed by atoms with van der Waals surface area (Å²) >= 11 is 0. The number of piperidine rings is 1. The second-order valence-electron chi connectivity index (χ2n) is 8.37. The van der Waals surface area contributed by atoms with Crippen LogP contribution in [0.25, 0.3) is 10.9 Å². The van der Waals surface area contributed by atoms with Crippen molar-refractivity contribution in [1.29, 1.82) is 0 Å². The molecule has 0 spiro atoms. The van der Waals surface area contributed by atoms with Crippen LogP contribution >= 0.6 is 0 Å². The van der Waals surface area contributed by atoms with E-state index >= 15 is 0 Å².